The van der Waals surface area contributed by atoms with E-state index < -0.39 is 0 Å². The summed E-state index contributed by atoms with van der Waals surface area (Å²) in [5.41, 5.74) is 2.37. The van der Waals surface area contributed by atoms with Crippen molar-refractivity contribution in [3.8, 4) is 0 Å². The van der Waals surface area contributed by atoms with Crippen molar-refractivity contribution in [2.75, 3.05) is 20.6 Å². The maximum absolute atomic E-state index is 5.08. The van der Waals surface area contributed by atoms with Crippen molar-refractivity contribution in [2.24, 2.45) is 5.84 Å². The molecule has 11 heavy (non-hydrogen) atoms. The number of likely N-dealkylation sites (N-methyl/N-ethyl adjacent to an activating group) is 1. The zero-order chi connectivity index (χ0) is 8.85. The number of thiocarbonyl (C=S) groups is 1. The van der Waals surface area contributed by atoms with E-state index in [1.54, 1.807) is 0 Å². The van der Waals surface area contributed by atoms with Crippen LogP contribution in [0.4, 0.5) is 0 Å². The second-order valence-corrected chi connectivity index (χ2v) is 3.19. The minimum atomic E-state index is 0.313. The number of nitrogens with two attached hydrogens (primary N) is 1. The van der Waals surface area contributed by atoms with Crippen molar-refractivity contribution >= 4 is 17.3 Å². The highest BCUT2D eigenvalue weighted by atomic mass is 32.1. The molecule has 0 saturated carbocycles. The molecule has 1 unspecified atom stereocenters. The molecule has 0 fully saturated rings. The van der Waals surface area contributed by atoms with Gasteiger partial charge in [-0.25, -0.2) is 5.84 Å². The summed E-state index contributed by atoms with van der Waals surface area (Å²) >= 11 is 4.82. The average molecular weight is 176 g/mol. The Balaban J connectivity index is 3.51. The number of hydrazine groups is 1. The molecule has 0 aromatic heterocycles. The van der Waals surface area contributed by atoms with Crippen LogP contribution in [0.2, 0.25) is 0 Å². The van der Waals surface area contributed by atoms with Gasteiger partial charge in [0.15, 0.2) is 5.11 Å². The molecular weight excluding hydrogens is 160 g/mol. The molecule has 0 rings (SSSR count). The Labute approximate surface area is 73.1 Å². The Kier molecular flexibility index (Phi) is 5.10. The summed E-state index contributed by atoms with van der Waals surface area (Å²) in [6.45, 7) is 2.98. The lowest BCUT2D eigenvalue weighted by Gasteiger charge is -2.19. The predicted molar refractivity (Wildman–Crippen MR) is 51.1 cm³/mol. The molecule has 0 aromatic rings. The van der Waals surface area contributed by atoms with Crippen LogP contribution in [0.1, 0.15) is 6.92 Å². The van der Waals surface area contributed by atoms with Gasteiger partial charge in [-0.2, -0.15) is 0 Å². The molecule has 0 aliphatic rings. The molecule has 66 valence electrons. The maximum atomic E-state index is 5.08. The quantitative estimate of drug-likeness (QED) is 0.301. The first-order valence-electron chi connectivity index (χ1n) is 3.48. The summed E-state index contributed by atoms with van der Waals surface area (Å²) < 4.78 is 0. The summed E-state index contributed by atoms with van der Waals surface area (Å²) in [7, 11) is 4.02. The van der Waals surface area contributed by atoms with Crippen molar-refractivity contribution in [3.63, 3.8) is 0 Å². The van der Waals surface area contributed by atoms with Crippen molar-refractivity contribution in [1.82, 2.24) is 15.6 Å². The summed E-state index contributed by atoms with van der Waals surface area (Å²) in [6.07, 6.45) is 0. The molecule has 0 bridgehead atoms. The van der Waals surface area contributed by atoms with Crippen molar-refractivity contribution in [1.29, 1.82) is 0 Å². The summed E-state index contributed by atoms with van der Waals surface area (Å²) in [4.78, 5) is 2.08. The summed E-state index contributed by atoms with van der Waals surface area (Å²) in [6, 6.07) is 0.313. The Morgan fingerprint density at radius 3 is 2.55 bits per heavy atom. The Bertz CT molecular complexity index is 126. The van der Waals surface area contributed by atoms with E-state index in [0.29, 0.717) is 11.2 Å². The second kappa shape index (κ2) is 5.29. The van der Waals surface area contributed by atoms with Crippen LogP contribution in [0.3, 0.4) is 0 Å². The first kappa shape index (κ1) is 10.6. The smallest absolute Gasteiger partial charge is 0.180 e. The van der Waals surface area contributed by atoms with Gasteiger partial charge in [-0.1, -0.05) is 0 Å². The van der Waals surface area contributed by atoms with Crippen LogP contribution in [0.15, 0.2) is 0 Å². The Morgan fingerprint density at radius 2 is 2.18 bits per heavy atom. The summed E-state index contributed by atoms with van der Waals surface area (Å²) in [5.74, 6) is 5.08. The third-order valence-corrected chi connectivity index (χ3v) is 1.38. The van der Waals surface area contributed by atoms with Crippen LogP contribution < -0.4 is 16.6 Å². The van der Waals surface area contributed by atoms with E-state index >= 15 is 0 Å². The van der Waals surface area contributed by atoms with Crippen LogP contribution in [-0.4, -0.2) is 36.7 Å². The molecule has 0 aliphatic carbocycles. The molecule has 0 aliphatic heterocycles. The van der Waals surface area contributed by atoms with Gasteiger partial charge in [0.2, 0.25) is 0 Å². The van der Waals surface area contributed by atoms with Crippen molar-refractivity contribution in [2.45, 2.75) is 13.0 Å². The minimum absolute atomic E-state index is 0.313. The minimum Gasteiger partial charge on any atom is -0.358 e. The highest BCUT2D eigenvalue weighted by Gasteiger charge is 2.02. The van der Waals surface area contributed by atoms with E-state index in [4.69, 9.17) is 18.1 Å². The third-order valence-electron chi connectivity index (χ3n) is 1.15. The van der Waals surface area contributed by atoms with Gasteiger partial charge in [0.25, 0.3) is 0 Å². The van der Waals surface area contributed by atoms with Crippen LogP contribution in [-0.2, 0) is 0 Å². The molecule has 0 saturated heterocycles. The molecule has 5 heteroatoms. The number of hydrogen-bond acceptors (Lipinski definition) is 3. The summed E-state index contributed by atoms with van der Waals surface area (Å²) in [5, 5.41) is 3.50. The van der Waals surface area contributed by atoms with Crippen molar-refractivity contribution in [3.05, 3.63) is 0 Å². The number of rotatable bonds is 3. The highest BCUT2D eigenvalue weighted by Crippen LogP contribution is 1.83. The van der Waals surface area contributed by atoms with E-state index in [2.05, 4.69) is 15.6 Å². The first-order chi connectivity index (χ1) is 5.06. The molecule has 0 spiro atoms. The monoisotopic (exact) mass is 176 g/mol. The SMILES string of the molecule is CC(CN(C)C)NC(=S)NN. The Hall–Kier alpha value is -0.390. The van der Waals surface area contributed by atoms with Crippen molar-refractivity contribution < 1.29 is 0 Å². The van der Waals surface area contributed by atoms with E-state index in [9.17, 15) is 0 Å². The molecule has 0 amide bonds. The highest BCUT2D eigenvalue weighted by molar-refractivity contribution is 7.80. The van der Waals surface area contributed by atoms with Crippen LogP contribution in [0.5, 0.6) is 0 Å². The van der Waals surface area contributed by atoms with Crippen LogP contribution in [0.25, 0.3) is 0 Å². The second-order valence-electron chi connectivity index (χ2n) is 2.78. The molecule has 0 radical (unpaired) electrons. The zero-order valence-corrected chi connectivity index (χ0v) is 8.03. The third kappa shape index (κ3) is 6.03. The lowest BCUT2D eigenvalue weighted by Crippen LogP contribution is -2.46. The normalized spacial score (nSPS) is 12.8. The average Bonchev–Trinajstić information content (AvgIpc) is 1.85. The first-order valence-corrected chi connectivity index (χ1v) is 3.89. The topological polar surface area (TPSA) is 53.3 Å². The van der Waals surface area contributed by atoms with E-state index in [1.165, 1.54) is 0 Å². The zero-order valence-electron chi connectivity index (χ0n) is 7.22. The predicted octanol–water partition coefficient (Wildman–Crippen LogP) is -0.726. The van der Waals surface area contributed by atoms with Crippen LogP contribution in [0, 0.1) is 0 Å². The molecule has 0 heterocycles. The molecule has 4 N–H and O–H groups in total. The van der Waals surface area contributed by atoms with Gasteiger partial charge >= 0.3 is 0 Å². The molecule has 0 aromatic carbocycles. The largest absolute Gasteiger partial charge is 0.358 e. The molecule has 1 atom stereocenters. The number of hydrogen-bond donors (Lipinski definition) is 3. The van der Waals surface area contributed by atoms with Gasteiger partial charge in [-0.15, -0.1) is 0 Å². The van der Waals surface area contributed by atoms with E-state index in [0.717, 1.165) is 6.54 Å². The lowest BCUT2D eigenvalue weighted by atomic mass is 10.3. The Morgan fingerprint density at radius 1 is 1.64 bits per heavy atom. The fourth-order valence-corrected chi connectivity index (χ4v) is 1.06. The molecular formula is C6H16N4S. The van der Waals surface area contributed by atoms with Gasteiger partial charge in [-0.3, -0.25) is 0 Å². The van der Waals surface area contributed by atoms with Gasteiger partial charge in [-0.05, 0) is 33.2 Å². The lowest BCUT2D eigenvalue weighted by molar-refractivity contribution is 0.369. The fraction of sp³-hybridized carbons (Fsp3) is 0.833. The number of nitrogens with one attached hydrogen (secondary N) is 2. The van der Waals surface area contributed by atoms with Gasteiger partial charge in [0.1, 0.15) is 0 Å². The van der Waals surface area contributed by atoms with Gasteiger partial charge < -0.3 is 15.6 Å². The standard InChI is InChI=1S/C6H16N4S/c1-5(4-10(2)3)8-6(11)9-7/h5H,4,7H2,1-3H3,(H2,8,9,11). The van der Waals surface area contributed by atoms with E-state index in [1.807, 2.05) is 21.0 Å². The van der Waals surface area contributed by atoms with E-state index in [-0.39, 0.29) is 0 Å². The molecule has 4 nitrogen and oxygen atoms in total. The number of nitrogens with zero attached hydrogens (tertiary/aromatic N) is 1. The van der Waals surface area contributed by atoms with Crippen LogP contribution >= 0.6 is 12.2 Å². The van der Waals surface area contributed by atoms with Gasteiger partial charge in [0, 0.05) is 12.6 Å². The van der Waals surface area contributed by atoms with Gasteiger partial charge in [0.05, 0.1) is 0 Å². The maximum Gasteiger partial charge on any atom is 0.180 e. The fourth-order valence-electron chi connectivity index (χ4n) is 0.859.